The second kappa shape index (κ2) is 11.1. The highest BCUT2D eigenvalue weighted by molar-refractivity contribution is 7.98. The van der Waals surface area contributed by atoms with Crippen molar-refractivity contribution in [2.75, 3.05) is 38.8 Å². The number of thioether (sulfide) groups is 1. The molecule has 168 valence electrons. The quantitative estimate of drug-likeness (QED) is 0.509. The molecule has 9 nitrogen and oxygen atoms in total. The van der Waals surface area contributed by atoms with Gasteiger partial charge in [0.05, 0.1) is 25.5 Å². The molecule has 0 fully saturated rings. The summed E-state index contributed by atoms with van der Waals surface area (Å²) in [5.41, 5.74) is 2.29. The SMILES string of the molecule is CCOc1ccc(C(=O)Nc2c3c(nn2CC(=O)NCCOC)CSC3)cc1OCC. The molecule has 10 heteroatoms. The van der Waals surface area contributed by atoms with Crippen molar-refractivity contribution in [2.45, 2.75) is 31.9 Å². The van der Waals surface area contributed by atoms with Crippen LogP contribution < -0.4 is 20.1 Å². The standard InChI is InChI=1S/C21H28N4O5S/c1-4-29-17-7-6-14(10-18(17)30-5-2)21(27)23-20-15-12-31-13-16(15)24-25(20)11-19(26)22-8-9-28-3/h6-7,10H,4-5,8-9,11-13H2,1-3H3,(H,22,26)(H,23,27). The second-order valence-corrected chi connectivity index (χ2v) is 7.73. The second-order valence-electron chi connectivity index (χ2n) is 6.75. The number of ether oxygens (including phenoxy) is 3. The smallest absolute Gasteiger partial charge is 0.256 e. The van der Waals surface area contributed by atoms with Crippen molar-refractivity contribution in [3.8, 4) is 11.5 Å². The number of anilines is 1. The number of hydrogen-bond acceptors (Lipinski definition) is 7. The molecule has 2 amide bonds. The lowest BCUT2D eigenvalue weighted by Crippen LogP contribution is -2.31. The first-order valence-electron chi connectivity index (χ1n) is 10.2. The fourth-order valence-corrected chi connectivity index (χ4v) is 4.21. The zero-order valence-electron chi connectivity index (χ0n) is 18.0. The third kappa shape index (κ3) is 5.71. The van der Waals surface area contributed by atoms with Gasteiger partial charge in [0.15, 0.2) is 11.5 Å². The van der Waals surface area contributed by atoms with E-state index in [2.05, 4.69) is 15.7 Å². The van der Waals surface area contributed by atoms with Gasteiger partial charge in [-0.05, 0) is 32.0 Å². The number of amides is 2. The predicted molar refractivity (Wildman–Crippen MR) is 119 cm³/mol. The van der Waals surface area contributed by atoms with Gasteiger partial charge in [0, 0.05) is 36.3 Å². The number of nitrogens with one attached hydrogen (secondary N) is 2. The molecule has 0 saturated carbocycles. The molecule has 1 aromatic carbocycles. The zero-order chi connectivity index (χ0) is 22.2. The third-order valence-electron chi connectivity index (χ3n) is 4.58. The summed E-state index contributed by atoms with van der Waals surface area (Å²) in [5, 5.41) is 10.3. The molecule has 1 aromatic heterocycles. The maximum absolute atomic E-state index is 13.0. The van der Waals surface area contributed by atoms with Crippen molar-refractivity contribution in [2.24, 2.45) is 0 Å². The minimum absolute atomic E-state index is 0.0183. The molecule has 0 atom stereocenters. The lowest BCUT2D eigenvalue weighted by atomic mass is 10.2. The van der Waals surface area contributed by atoms with E-state index in [1.165, 1.54) is 0 Å². The van der Waals surface area contributed by atoms with Gasteiger partial charge in [-0.1, -0.05) is 0 Å². The molecule has 0 radical (unpaired) electrons. The number of aromatic nitrogens is 2. The first kappa shape index (κ1) is 23.0. The van der Waals surface area contributed by atoms with Crippen LogP contribution in [0.5, 0.6) is 11.5 Å². The number of fused-ring (bicyclic) bond motifs is 1. The van der Waals surface area contributed by atoms with Crippen molar-refractivity contribution in [1.82, 2.24) is 15.1 Å². The van der Waals surface area contributed by atoms with Crippen molar-refractivity contribution in [3.63, 3.8) is 0 Å². The summed E-state index contributed by atoms with van der Waals surface area (Å²) in [5.74, 6) is 2.67. The van der Waals surface area contributed by atoms with Crippen LogP contribution in [-0.4, -0.2) is 55.1 Å². The summed E-state index contributed by atoms with van der Waals surface area (Å²) in [6.45, 7) is 5.59. The van der Waals surface area contributed by atoms with Crippen molar-refractivity contribution in [3.05, 3.63) is 35.0 Å². The molecule has 1 aliphatic heterocycles. The van der Waals surface area contributed by atoms with E-state index in [0.717, 1.165) is 22.8 Å². The summed E-state index contributed by atoms with van der Waals surface area (Å²) < 4.78 is 17.7. The number of methoxy groups -OCH3 is 1. The Bertz CT molecular complexity index is 931. The Labute approximate surface area is 185 Å². The molecule has 0 bridgehead atoms. The molecule has 0 saturated heterocycles. The summed E-state index contributed by atoms with van der Waals surface area (Å²) in [7, 11) is 1.58. The average Bonchev–Trinajstić information content (AvgIpc) is 3.32. The highest BCUT2D eigenvalue weighted by Crippen LogP contribution is 2.35. The Balaban J connectivity index is 1.79. The number of hydrogen-bond donors (Lipinski definition) is 2. The van der Waals surface area contributed by atoms with Gasteiger partial charge in [-0.15, -0.1) is 0 Å². The highest BCUT2D eigenvalue weighted by Gasteiger charge is 2.25. The summed E-state index contributed by atoms with van der Waals surface area (Å²) in [6, 6.07) is 5.08. The van der Waals surface area contributed by atoms with E-state index >= 15 is 0 Å². The molecule has 0 unspecified atom stereocenters. The topological polar surface area (TPSA) is 104 Å². The van der Waals surface area contributed by atoms with Gasteiger partial charge in [-0.2, -0.15) is 16.9 Å². The maximum Gasteiger partial charge on any atom is 0.256 e. The van der Waals surface area contributed by atoms with E-state index in [1.807, 2.05) is 13.8 Å². The van der Waals surface area contributed by atoms with E-state index in [4.69, 9.17) is 14.2 Å². The first-order chi connectivity index (χ1) is 15.1. The van der Waals surface area contributed by atoms with Gasteiger partial charge < -0.3 is 24.8 Å². The van der Waals surface area contributed by atoms with Crippen LogP contribution in [0.3, 0.4) is 0 Å². The van der Waals surface area contributed by atoms with Crippen molar-refractivity contribution in [1.29, 1.82) is 0 Å². The normalized spacial score (nSPS) is 12.4. The lowest BCUT2D eigenvalue weighted by Gasteiger charge is -2.14. The molecule has 1 aliphatic rings. The molecule has 0 aliphatic carbocycles. The molecule has 0 spiro atoms. The van der Waals surface area contributed by atoms with Crippen LogP contribution >= 0.6 is 11.8 Å². The predicted octanol–water partition coefficient (Wildman–Crippen LogP) is 2.44. The average molecular weight is 449 g/mol. The molecular weight excluding hydrogens is 420 g/mol. The van der Waals surface area contributed by atoms with E-state index < -0.39 is 0 Å². The largest absolute Gasteiger partial charge is 0.490 e. The minimum atomic E-state index is -0.301. The molecule has 2 aromatic rings. The first-order valence-corrected chi connectivity index (χ1v) is 11.4. The van der Waals surface area contributed by atoms with Gasteiger partial charge in [-0.25, -0.2) is 4.68 Å². The van der Waals surface area contributed by atoms with Crippen LogP contribution in [0.1, 0.15) is 35.5 Å². The Morgan fingerprint density at radius 3 is 2.68 bits per heavy atom. The molecule has 3 rings (SSSR count). The van der Waals surface area contributed by atoms with E-state index in [1.54, 1.807) is 41.8 Å². The van der Waals surface area contributed by atoms with E-state index in [0.29, 0.717) is 49.2 Å². The van der Waals surface area contributed by atoms with Crippen LogP contribution in [0, 0.1) is 0 Å². The van der Waals surface area contributed by atoms with Gasteiger partial charge in [-0.3, -0.25) is 9.59 Å². The Morgan fingerprint density at radius 1 is 1.16 bits per heavy atom. The summed E-state index contributed by atoms with van der Waals surface area (Å²) in [6.07, 6.45) is 0. The summed E-state index contributed by atoms with van der Waals surface area (Å²) in [4.78, 5) is 25.3. The van der Waals surface area contributed by atoms with Crippen LogP contribution in [-0.2, 0) is 27.6 Å². The fraction of sp³-hybridized carbons (Fsp3) is 0.476. The van der Waals surface area contributed by atoms with Crippen LogP contribution in [0.25, 0.3) is 0 Å². The van der Waals surface area contributed by atoms with Crippen molar-refractivity contribution >= 4 is 29.4 Å². The Hall–Kier alpha value is -2.72. The Morgan fingerprint density at radius 2 is 1.94 bits per heavy atom. The molecule has 31 heavy (non-hydrogen) atoms. The zero-order valence-corrected chi connectivity index (χ0v) is 18.8. The van der Waals surface area contributed by atoms with Gasteiger partial charge in [0.25, 0.3) is 5.91 Å². The van der Waals surface area contributed by atoms with Gasteiger partial charge >= 0.3 is 0 Å². The number of carbonyl (C=O) groups excluding carboxylic acids is 2. The van der Waals surface area contributed by atoms with E-state index in [9.17, 15) is 9.59 Å². The maximum atomic E-state index is 13.0. The monoisotopic (exact) mass is 448 g/mol. The van der Waals surface area contributed by atoms with E-state index in [-0.39, 0.29) is 18.4 Å². The van der Waals surface area contributed by atoms with Gasteiger partial charge in [0.1, 0.15) is 12.4 Å². The minimum Gasteiger partial charge on any atom is -0.490 e. The number of benzene rings is 1. The number of nitrogens with zero attached hydrogens (tertiary/aromatic N) is 2. The highest BCUT2D eigenvalue weighted by atomic mass is 32.2. The third-order valence-corrected chi connectivity index (χ3v) is 5.55. The number of carbonyl (C=O) groups is 2. The fourth-order valence-electron chi connectivity index (χ4n) is 3.18. The van der Waals surface area contributed by atoms with Crippen LogP contribution in [0.4, 0.5) is 5.82 Å². The summed E-state index contributed by atoms with van der Waals surface area (Å²) >= 11 is 1.73. The lowest BCUT2D eigenvalue weighted by molar-refractivity contribution is -0.122. The number of rotatable bonds is 11. The Kier molecular flexibility index (Phi) is 8.19. The van der Waals surface area contributed by atoms with Crippen LogP contribution in [0.2, 0.25) is 0 Å². The molecular formula is C21H28N4O5S. The van der Waals surface area contributed by atoms with Gasteiger partial charge in [0.2, 0.25) is 5.91 Å². The van der Waals surface area contributed by atoms with Crippen LogP contribution in [0.15, 0.2) is 18.2 Å². The van der Waals surface area contributed by atoms with Crippen molar-refractivity contribution < 1.29 is 23.8 Å². The molecule has 2 heterocycles. The molecule has 2 N–H and O–H groups in total.